The maximum atomic E-state index is 5.91. The first-order valence-electron chi connectivity index (χ1n) is 6.14. The highest BCUT2D eigenvalue weighted by molar-refractivity contribution is 6.30. The number of aryl methyl sites for hydroxylation is 1. The molecular weight excluding hydrogens is 244 g/mol. The fraction of sp³-hybridized carbons (Fsp3) is 0.267. The van der Waals surface area contributed by atoms with Crippen molar-refractivity contribution in [1.82, 2.24) is 4.98 Å². The third-order valence-corrected chi connectivity index (χ3v) is 3.27. The van der Waals surface area contributed by atoms with E-state index in [2.05, 4.69) is 35.4 Å². The van der Waals surface area contributed by atoms with Crippen LogP contribution in [0.4, 0.5) is 5.69 Å². The molecule has 0 saturated heterocycles. The standard InChI is InChI=1S/C15H17ClN2/c1-3-14(12-6-8-13(16)9-7-12)18-15-5-4-10-17-11(15)2/h4-10,14,18H,3H2,1-2H3. The molecule has 1 heterocycles. The molecule has 1 unspecified atom stereocenters. The molecule has 0 aliphatic heterocycles. The first-order chi connectivity index (χ1) is 8.70. The Morgan fingerprint density at radius 1 is 1.22 bits per heavy atom. The number of benzene rings is 1. The third kappa shape index (κ3) is 3.02. The molecule has 0 fully saturated rings. The maximum Gasteiger partial charge on any atom is 0.0603 e. The van der Waals surface area contributed by atoms with Gasteiger partial charge in [-0.3, -0.25) is 4.98 Å². The highest BCUT2D eigenvalue weighted by Gasteiger charge is 2.10. The van der Waals surface area contributed by atoms with Gasteiger partial charge < -0.3 is 5.32 Å². The molecule has 0 amide bonds. The molecule has 2 rings (SSSR count). The quantitative estimate of drug-likeness (QED) is 0.869. The first kappa shape index (κ1) is 12.9. The molecule has 0 radical (unpaired) electrons. The van der Waals surface area contributed by atoms with Gasteiger partial charge in [-0.25, -0.2) is 0 Å². The van der Waals surface area contributed by atoms with E-state index in [0.29, 0.717) is 0 Å². The van der Waals surface area contributed by atoms with Gasteiger partial charge in [-0.2, -0.15) is 0 Å². The summed E-state index contributed by atoms with van der Waals surface area (Å²) in [6.45, 7) is 4.18. The number of aromatic nitrogens is 1. The Bertz CT molecular complexity index is 508. The van der Waals surface area contributed by atoms with E-state index in [-0.39, 0.29) is 6.04 Å². The molecule has 18 heavy (non-hydrogen) atoms. The van der Waals surface area contributed by atoms with Crippen LogP contribution in [0, 0.1) is 6.92 Å². The minimum Gasteiger partial charge on any atom is -0.377 e. The lowest BCUT2D eigenvalue weighted by Gasteiger charge is -2.19. The molecule has 0 bridgehead atoms. The van der Waals surface area contributed by atoms with Gasteiger partial charge in [0.1, 0.15) is 0 Å². The van der Waals surface area contributed by atoms with Crippen LogP contribution in [-0.4, -0.2) is 4.98 Å². The van der Waals surface area contributed by atoms with Gasteiger partial charge in [0, 0.05) is 11.2 Å². The molecule has 1 atom stereocenters. The lowest BCUT2D eigenvalue weighted by molar-refractivity contribution is 0.747. The predicted octanol–water partition coefficient (Wildman–Crippen LogP) is 4.61. The molecule has 2 aromatic rings. The number of anilines is 1. The van der Waals surface area contributed by atoms with Crippen molar-refractivity contribution in [1.29, 1.82) is 0 Å². The maximum absolute atomic E-state index is 5.91. The van der Waals surface area contributed by atoms with Gasteiger partial charge in [-0.15, -0.1) is 0 Å². The van der Waals surface area contributed by atoms with Crippen molar-refractivity contribution in [3.63, 3.8) is 0 Å². The second kappa shape index (κ2) is 5.87. The summed E-state index contributed by atoms with van der Waals surface area (Å²) >= 11 is 5.91. The lowest BCUT2D eigenvalue weighted by atomic mass is 10.0. The monoisotopic (exact) mass is 260 g/mol. The minimum atomic E-state index is 0.283. The van der Waals surface area contributed by atoms with Crippen LogP contribution in [0.3, 0.4) is 0 Å². The van der Waals surface area contributed by atoms with Gasteiger partial charge >= 0.3 is 0 Å². The zero-order chi connectivity index (χ0) is 13.0. The van der Waals surface area contributed by atoms with E-state index in [9.17, 15) is 0 Å². The van der Waals surface area contributed by atoms with Gasteiger partial charge in [0.2, 0.25) is 0 Å². The molecule has 1 N–H and O–H groups in total. The Morgan fingerprint density at radius 2 is 1.94 bits per heavy atom. The topological polar surface area (TPSA) is 24.9 Å². The number of hydrogen-bond donors (Lipinski definition) is 1. The summed E-state index contributed by atoms with van der Waals surface area (Å²) < 4.78 is 0. The average molecular weight is 261 g/mol. The third-order valence-electron chi connectivity index (χ3n) is 3.02. The van der Waals surface area contributed by atoms with Crippen molar-refractivity contribution >= 4 is 17.3 Å². The molecule has 0 aliphatic carbocycles. The smallest absolute Gasteiger partial charge is 0.0603 e. The Kier molecular flexibility index (Phi) is 4.21. The second-order valence-corrected chi connectivity index (χ2v) is 4.73. The Hall–Kier alpha value is -1.54. The zero-order valence-corrected chi connectivity index (χ0v) is 11.4. The summed E-state index contributed by atoms with van der Waals surface area (Å²) in [5.74, 6) is 0. The molecule has 2 nitrogen and oxygen atoms in total. The highest BCUT2D eigenvalue weighted by Crippen LogP contribution is 2.24. The largest absolute Gasteiger partial charge is 0.377 e. The summed E-state index contributed by atoms with van der Waals surface area (Å²) in [5, 5.41) is 4.30. The van der Waals surface area contributed by atoms with E-state index in [0.717, 1.165) is 22.8 Å². The van der Waals surface area contributed by atoms with Crippen LogP contribution in [0.15, 0.2) is 42.6 Å². The Labute approximate surface area is 113 Å². The summed E-state index contributed by atoms with van der Waals surface area (Å²) in [6, 6.07) is 12.3. The summed E-state index contributed by atoms with van der Waals surface area (Å²) in [7, 11) is 0. The van der Waals surface area contributed by atoms with Crippen LogP contribution in [-0.2, 0) is 0 Å². The van der Waals surface area contributed by atoms with Crippen molar-refractivity contribution in [2.45, 2.75) is 26.3 Å². The van der Waals surface area contributed by atoms with Crippen molar-refractivity contribution in [3.8, 4) is 0 Å². The van der Waals surface area contributed by atoms with E-state index in [1.165, 1.54) is 5.56 Å². The van der Waals surface area contributed by atoms with Gasteiger partial charge in [0.15, 0.2) is 0 Å². The first-order valence-corrected chi connectivity index (χ1v) is 6.52. The number of rotatable bonds is 4. The van der Waals surface area contributed by atoms with Gasteiger partial charge in [-0.05, 0) is 43.2 Å². The summed E-state index contributed by atoms with van der Waals surface area (Å²) in [5.41, 5.74) is 3.34. The van der Waals surface area contributed by atoms with Crippen LogP contribution in [0.1, 0.15) is 30.6 Å². The number of nitrogens with one attached hydrogen (secondary N) is 1. The van der Waals surface area contributed by atoms with Gasteiger partial charge in [0.05, 0.1) is 17.4 Å². The van der Waals surface area contributed by atoms with Crippen molar-refractivity contribution in [3.05, 3.63) is 58.9 Å². The van der Waals surface area contributed by atoms with Crippen LogP contribution in [0.2, 0.25) is 5.02 Å². The normalized spacial score (nSPS) is 12.2. The number of nitrogens with zero attached hydrogens (tertiary/aromatic N) is 1. The van der Waals surface area contributed by atoms with Crippen LogP contribution >= 0.6 is 11.6 Å². The molecule has 0 saturated carbocycles. The van der Waals surface area contributed by atoms with Crippen molar-refractivity contribution in [2.75, 3.05) is 5.32 Å². The molecule has 94 valence electrons. The number of halogens is 1. The Balaban J connectivity index is 2.20. The molecular formula is C15H17ClN2. The average Bonchev–Trinajstić information content (AvgIpc) is 2.39. The zero-order valence-electron chi connectivity index (χ0n) is 10.7. The Morgan fingerprint density at radius 3 is 2.56 bits per heavy atom. The molecule has 3 heteroatoms. The van der Waals surface area contributed by atoms with Crippen molar-refractivity contribution < 1.29 is 0 Å². The van der Waals surface area contributed by atoms with E-state index in [4.69, 9.17) is 11.6 Å². The molecule has 1 aromatic heterocycles. The van der Waals surface area contributed by atoms with E-state index < -0.39 is 0 Å². The van der Waals surface area contributed by atoms with Crippen LogP contribution < -0.4 is 5.32 Å². The SMILES string of the molecule is CCC(Nc1cccnc1C)c1ccc(Cl)cc1. The predicted molar refractivity (Wildman–Crippen MR) is 77.1 cm³/mol. The number of pyridine rings is 1. The van der Waals surface area contributed by atoms with E-state index >= 15 is 0 Å². The molecule has 1 aromatic carbocycles. The number of hydrogen-bond acceptors (Lipinski definition) is 2. The van der Waals surface area contributed by atoms with Gasteiger partial charge in [-0.1, -0.05) is 30.7 Å². The van der Waals surface area contributed by atoms with Crippen molar-refractivity contribution in [2.24, 2.45) is 0 Å². The second-order valence-electron chi connectivity index (χ2n) is 4.29. The molecule has 0 spiro atoms. The van der Waals surface area contributed by atoms with Crippen LogP contribution in [0.5, 0.6) is 0 Å². The highest BCUT2D eigenvalue weighted by atomic mass is 35.5. The summed E-state index contributed by atoms with van der Waals surface area (Å²) in [4.78, 5) is 4.29. The summed E-state index contributed by atoms with van der Waals surface area (Å²) in [6.07, 6.45) is 2.82. The lowest BCUT2D eigenvalue weighted by Crippen LogP contribution is -2.10. The molecule has 0 aliphatic rings. The van der Waals surface area contributed by atoms with Crippen LogP contribution in [0.25, 0.3) is 0 Å². The van der Waals surface area contributed by atoms with E-state index in [1.807, 2.05) is 31.3 Å². The fourth-order valence-corrected chi connectivity index (χ4v) is 2.07. The van der Waals surface area contributed by atoms with Gasteiger partial charge in [0.25, 0.3) is 0 Å². The van der Waals surface area contributed by atoms with E-state index in [1.54, 1.807) is 0 Å². The minimum absolute atomic E-state index is 0.283. The fourth-order valence-electron chi connectivity index (χ4n) is 1.94.